The molecule has 1 aromatic carbocycles. The van der Waals surface area contributed by atoms with Gasteiger partial charge in [0.05, 0.1) is 12.7 Å². The van der Waals surface area contributed by atoms with Crippen molar-refractivity contribution in [2.24, 2.45) is 0 Å². The summed E-state index contributed by atoms with van der Waals surface area (Å²) in [7, 11) is 0. The first-order chi connectivity index (χ1) is 12.6. The van der Waals surface area contributed by atoms with Crippen LogP contribution < -0.4 is 4.74 Å². The third kappa shape index (κ3) is 4.82. The van der Waals surface area contributed by atoms with E-state index in [1.54, 1.807) is 6.20 Å². The molecule has 1 aromatic heterocycles. The van der Waals surface area contributed by atoms with Crippen LogP contribution in [0, 0.1) is 13.8 Å². The third-order valence-corrected chi connectivity index (χ3v) is 4.91. The van der Waals surface area contributed by atoms with Crippen molar-refractivity contribution in [3.8, 4) is 5.75 Å². The van der Waals surface area contributed by atoms with Crippen LogP contribution in [0.25, 0.3) is 0 Å². The molecule has 0 radical (unpaired) electrons. The fourth-order valence-electron chi connectivity index (χ4n) is 3.08. The summed E-state index contributed by atoms with van der Waals surface area (Å²) in [5.74, 6) is 0.824. The number of aryl methyl sites for hydroxylation is 1. The molecule has 0 unspecified atom stereocenters. The molecule has 0 aliphatic carbocycles. The fraction of sp³-hybridized carbons (Fsp3) is 0.429. The Morgan fingerprint density at radius 2 is 2.00 bits per heavy atom. The second-order valence-corrected chi connectivity index (χ2v) is 6.74. The minimum Gasteiger partial charge on any atom is -0.483 e. The highest BCUT2D eigenvalue weighted by Crippen LogP contribution is 2.21. The van der Waals surface area contributed by atoms with Crippen LogP contribution in [0.2, 0.25) is 0 Å². The van der Waals surface area contributed by atoms with Crippen molar-refractivity contribution in [3.05, 3.63) is 59.4 Å². The number of likely N-dealkylation sites (tertiary alicyclic amines) is 1. The van der Waals surface area contributed by atoms with E-state index in [4.69, 9.17) is 9.47 Å². The van der Waals surface area contributed by atoms with Gasteiger partial charge in [0.1, 0.15) is 5.75 Å². The Bertz CT molecular complexity index is 725. The Labute approximate surface area is 155 Å². The van der Waals surface area contributed by atoms with Gasteiger partial charge in [0.15, 0.2) is 6.61 Å². The lowest BCUT2D eigenvalue weighted by molar-refractivity contribution is -0.136. The highest BCUT2D eigenvalue weighted by Gasteiger charge is 2.23. The molecule has 2 heterocycles. The average molecular weight is 354 g/mol. The zero-order chi connectivity index (χ0) is 18.4. The molecule has 1 amide bonds. The van der Waals surface area contributed by atoms with E-state index in [1.165, 1.54) is 5.56 Å². The van der Waals surface area contributed by atoms with Gasteiger partial charge in [-0.2, -0.15) is 0 Å². The lowest BCUT2D eigenvalue weighted by Gasteiger charge is -2.32. The number of pyridine rings is 1. The summed E-state index contributed by atoms with van der Waals surface area (Å²) >= 11 is 0. The van der Waals surface area contributed by atoms with E-state index < -0.39 is 0 Å². The van der Waals surface area contributed by atoms with E-state index in [9.17, 15) is 4.79 Å². The van der Waals surface area contributed by atoms with E-state index in [0.717, 1.165) is 29.7 Å². The fourth-order valence-corrected chi connectivity index (χ4v) is 3.08. The number of rotatable bonds is 6. The number of nitrogens with zero attached hydrogens (tertiary/aromatic N) is 2. The van der Waals surface area contributed by atoms with Crippen LogP contribution in [0.4, 0.5) is 0 Å². The SMILES string of the molecule is Cc1cccc(OCC(=O)N2CCC(OCc3cccnc3)CC2)c1C. The van der Waals surface area contributed by atoms with Crippen molar-refractivity contribution in [1.82, 2.24) is 9.88 Å². The van der Waals surface area contributed by atoms with Gasteiger partial charge < -0.3 is 14.4 Å². The molecule has 138 valence electrons. The standard InChI is InChI=1S/C21H26N2O3/c1-16-5-3-7-20(17(16)2)26-15-21(24)23-11-8-19(9-12-23)25-14-18-6-4-10-22-13-18/h3-7,10,13,19H,8-9,11-12,14-15H2,1-2H3. The van der Waals surface area contributed by atoms with Crippen molar-refractivity contribution in [1.29, 1.82) is 0 Å². The average Bonchev–Trinajstić information content (AvgIpc) is 2.68. The van der Waals surface area contributed by atoms with Crippen LogP contribution in [-0.4, -0.2) is 41.6 Å². The van der Waals surface area contributed by atoms with Crippen LogP contribution in [0.15, 0.2) is 42.7 Å². The molecule has 0 N–H and O–H groups in total. The second kappa shape index (κ2) is 8.81. The van der Waals surface area contributed by atoms with Crippen LogP contribution in [0.3, 0.4) is 0 Å². The predicted octanol–water partition coefficient (Wildman–Crippen LogP) is 3.29. The lowest BCUT2D eigenvalue weighted by atomic mass is 10.1. The molecule has 1 saturated heterocycles. The first-order valence-electron chi connectivity index (χ1n) is 9.11. The smallest absolute Gasteiger partial charge is 0.260 e. The summed E-state index contributed by atoms with van der Waals surface area (Å²) in [6.07, 6.45) is 5.49. The molecule has 1 fully saturated rings. The monoisotopic (exact) mass is 354 g/mol. The molecule has 0 bridgehead atoms. The summed E-state index contributed by atoms with van der Waals surface area (Å²) in [6.45, 7) is 6.15. The summed E-state index contributed by atoms with van der Waals surface area (Å²) in [6, 6.07) is 9.83. The van der Waals surface area contributed by atoms with E-state index in [1.807, 2.05) is 55.3 Å². The molecule has 26 heavy (non-hydrogen) atoms. The normalized spacial score (nSPS) is 15.1. The minimum atomic E-state index is 0.0385. The van der Waals surface area contributed by atoms with Gasteiger partial charge in [-0.25, -0.2) is 0 Å². The number of carbonyl (C=O) groups is 1. The molecular weight excluding hydrogens is 328 g/mol. The summed E-state index contributed by atoms with van der Waals surface area (Å²) in [5, 5.41) is 0. The third-order valence-electron chi connectivity index (χ3n) is 4.91. The van der Waals surface area contributed by atoms with Crippen LogP contribution >= 0.6 is 0 Å². The highest BCUT2D eigenvalue weighted by molar-refractivity contribution is 5.77. The van der Waals surface area contributed by atoms with E-state index >= 15 is 0 Å². The van der Waals surface area contributed by atoms with Gasteiger partial charge in [0, 0.05) is 25.5 Å². The second-order valence-electron chi connectivity index (χ2n) is 6.74. The van der Waals surface area contributed by atoms with Crippen LogP contribution in [0.5, 0.6) is 5.75 Å². The van der Waals surface area contributed by atoms with Gasteiger partial charge in [0.25, 0.3) is 5.91 Å². The Kier molecular flexibility index (Phi) is 6.23. The minimum absolute atomic E-state index is 0.0385. The summed E-state index contributed by atoms with van der Waals surface area (Å²) < 4.78 is 11.7. The van der Waals surface area contributed by atoms with Gasteiger partial charge >= 0.3 is 0 Å². The Morgan fingerprint density at radius 3 is 2.73 bits per heavy atom. The number of amides is 1. The zero-order valence-electron chi connectivity index (χ0n) is 15.5. The predicted molar refractivity (Wildman–Crippen MR) is 100 cm³/mol. The molecule has 0 spiro atoms. The largest absolute Gasteiger partial charge is 0.483 e. The number of benzene rings is 1. The summed E-state index contributed by atoms with van der Waals surface area (Å²) in [5.41, 5.74) is 3.33. The molecule has 2 aromatic rings. The number of aromatic nitrogens is 1. The number of hydrogen-bond donors (Lipinski definition) is 0. The number of carbonyl (C=O) groups excluding carboxylic acids is 1. The van der Waals surface area contributed by atoms with Crippen LogP contribution in [-0.2, 0) is 16.1 Å². The Balaban J connectivity index is 1.41. The number of piperidine rings is 1. The van der Waals surface area contributed by atoms with Crippen LogP contribution in [0.1, 0.15) is 29.5 Å². The molecule has 0 saturated carbocycles. The van der Waals surface area contributed by atoms with Crippen molar-refractivity contribution < 1.29 is 14.3 Å². The number of ether oxygens (including phenoxy) is 2. The molecule has 1 aliphatic rings. The van der Waals surface area contributed by atoms with E-state index in [-0.39, 0.29) is 18.6 Å². The molecule has 5 heteroatoms. The summed E-state index contributed by atoms with van der Waals surface area (Å²) in [4.78, 5) is 18.4. The molecule has 0 atom stereocenters. The topological polar surface area (TPSA) is 51.7 Å². The van der Waals surface area contributed by atoms with Gasteiger partial charge in [-0.05, 0) is 55.5 Å². The lowest BCUT2D eigenvalue weighted by Crippen LogP contribution is -2.43. The van der Waals surface area contributed by atoms with E-state index in [2.05, 4.69) is 4.98 Å². The first-order valence-corrected chi connectivity index (χ1v) is 9.11. The van der Waals surface area contributed by atoms with E-state index in [0.29, 0.717) is 19.7 Å². The highest BCUT2D eigenvalue weighted by atomic mass is 16.5. The van der Waals surface area contributed by atoms with Crippen molar-refractivity contribution in [2.75, 3.05) is 19.7 Å². The Morgan fingerprint density at radius 1 is 1.19 bits per heavy atom. The molecule has 1 aliphatic heterocycles. The maximum absolute atomic E-state index is 12.4. The number of hydrogen-bond acceptors (Lipinski definition) is 4. The van der Waals surface area contributed by atoms with Gasteiger partial charge in [-0.3, -0.25) is 9.78 Å². The van der Waals surface area contributed by atoms with Crippen molar-refractivity contribution >= 4 is 5.91 Å². The quantitative estimate of drug-likeness (QED) is 0.799. The maximum atomic E-state index is 12.4. The first kappa shape index (κ1) is 18.4. The zero-order valence-corrected chi connectivity index (χ0v) is 15.5. The maximum Gasteiger partial charge on any atom is 0.260 e. The van der Waals surface area contributed by atoms with Crippen molar-refractivity contribution in [2.45, 2.75) is 39.4 Å². The van der Waals surface area contributed by atoms with Gasteiger partial charge in [-0.1, -0.05) is 18.2 Å². The molecule has 3 rings (SSSR count). The van der Waals surface area contributed by atoms with Crippen molar-refractivity contribution in [3.63, 3.8) is 0 Å². The molecule has 5 nitrogen and oxygen atoms in total. The Hall–Kier alpha value is -2.40. The molecular formula is C21H26N2O3. The van der Waals surface area contributed by atoms with Gasteiger partial charge in [0.2, 0.25) is 0 Å². The van der Waals surface area contributed by atoms with Gasteiger partial charge in [-0.15, -0.1) is 0 Å².